The summed E-state index contributed by atoms with van der Waals surface area (Å²) in [5.41, 5.74) is 0. The van der Waals surface area contributed by atoms with E-state index in [4.69, 9.17) is 16.7 Å². The Morgan fingerprint density at radius 1 is 1.61 bits per heavy atom. The molecule has 0 aliphatic carbocycles. The van der Waals surface area contributed by atoms with Crippen molar-refractivity contribution in [3.63, 3.8) is 0 Å². The zero-order valence-electron chi connectivity index (χ0n) is 10.00. The summed E-state index contributed by atoms with van der Waals surface area (Å²) >= 11 is 5.77. The van der Waals surface area contributed by atoms with Crippen LogP contribution in [0.3, 0.4) is 0 Å². The van der Waals surface area contributed by atoms with Crippen molar-refractivity contribution >= 4 is 27.6 Å². The van der Waals surface area contributed by atoms with E-state index in [1.807, 2.05) is 0 Å². The van der Waals surface area contributed by atoms with Crippen molar-refractivity contribution in [2.24, 2.45) is 7.05 Å². The second kappa shape index (κ2) is 5.68. The van der Waals surface area contributed by atoms with Crippen molar-refractivity contribution in [2.75, 3.05) is 13.6 Å². The molecule has 0 radical (unpaired) electrons. The number of halogens is 1. The number of nitrogens with zero attached hydrogens (tertiary/aromatic N) is 3. The maximum absolute atomic E-state index is 12.1. The van der Waals surface area contributed by atoms with Crippen molar-refractivity contribution < 1.29 is 18.3 Å². The summed E-state index contributed by atoms with van der Waals surface area (Å²) < 4.78 is 26.5. The quantitative estimate of drug-likeness (QED) is 0.828. The van der Waals surface area contributed by atoms with E-state index in [0.717, 1.165) is 4.31 Å². The molecule has 7 nitrogen and oxygen atoms in total. The summed E-state index contributed by atoms with van der Waals surface area (Å²) in [6.07, 6.45) is 1.40. The molecule has 1 aromatic heterocycles. The second-order valence-corrected chi connectivity index (χ2v) is 6.11. The maximum Gasteiger partial charge on any atom is 0.303 e. The predicted molar refractivity (Wildman–Crippen MR) is 64.9 cm³/mol. The van der Waals surface area contributed by atoms with Crippen molar-refractivity contribution in [1.29, 1.82) is 0 Å². The van der Waals surface area contributed by atoms with Crippen LogP contribution in [0.4, 0.5) is 0 Å². The third-order valence-corrected chi connectivity index (χ3v) is 4.73. The smallest absolute Gasteiger partial charge is 0.303 e. The van der Waals surface area contributed by atoms with Gasteiger partial charge in [-0.2, -0.15) is 9.40 Å². The van der Waals surface area contributed by atoms with E-state index >= 15 is 0 Å². The summed E-state index contributed by atoms with van der Waals surface area (Å²) in [6.45, 7) is 0.107. The van der Waals surface area contributed by atoms with E-state index in [9.17, 15) is 13.2 Å². The van der Waals surface area contributed by atoms with Crippen molar-refractivity contribution in [2.45, 2.75) is 17.9 Å². The van der Waals surface area contributed by atoms with Gasteiger partial charge in [-0.15, -0.1) is 0 Å². The minimum absolute atomic E-state index is 0.0441. The molecule has 1 heterocycles. The largest absolute Gasteiger partial charge is 0.481 e. The topological polar surface area (TPSA) is 92.5 Å². The molecule has 0 bridgehead atoms. The van der Waals surface area contributed by atoms with Gasteiger partial charge < -0.3 is 5.11 Å². The van der Waals surface area contributed by atoms with Crippen LogP contribution in [0.1, 0.15) is 12.8 Å². The molecular weight excluding hydrogens is 282 g/mol. The highest BCUT2D eigenvalue weighted by Crippen LogP contribution is 2.22. The summed E-state index contributed by atoms with van der Waals surface area (Å²) in [4.78, 5) is 10.4. The monoisotopic (exact) mass is 295 g/mol. The average molecular weight is 296 g/mol. The fourth-order valence-corrected chi connectivity index (χ4v) is 3.21. The van der Waals surface area contributed by atoms with Crippen LogP contribution < -0.4 is 0 Å². The Morgan fingerprint density at radius 3 is 2.67 bits per heavy atom. The van der Waals surface area contributed by atoms with Crippen LogP contribution in [-0.4, -0.2) is 47.2 Å². The number of aromatic nitrogens is 2. The van der Waals surface area contributed by atoms with Gasteiger partial charge in [0.25, 0.3) is 10.0 Å². The molecule has 1 N–H and O–H groups in total. The SMILES string of the molecule is CN(CCCC(=O)O)S(=O)(=O)c1c(Cl)cnn1C. The third kappa shape index (κ3) is 3.21. The van der Waals surface area contributed by atoms with Crippen LogP contribution >= 0.6 is 11.6 Å². The molecule has 1 aromatic rings. The molecule has 0 unspecified atom stereocenters. The van der Waals surface area contributed by atoms with Crippen molar-refractivity contribution in [3.8, 4) is 0 Å². The summed E-state index contributed by atoms with van der Waals surface area (Å²) in [5.74, 6) is -0.959. The molecule has 0 spiro atoms. The molecule has 0 fully saturated rings. The van der Waals surface area contributed by atoms with Gasteiger partial charge >= 0.3 is 5.97 Å². The van der Waals surface area contributed by atoms with E-state index in [1.165, 1.54) is 25.0 Å². The Kier molecular flexibility index (Phi) is 4.71. The third-order valence-electron chi connectivity index (χ3n) is 2.36. The first kappa shape index (κ1) is 14.9. The minimum atomic E-state index is -3.75. The van der Waals surface area contributed by atoms with Gasteiger partial charge in [-0.25, -0.2) is 8.42 Å². The van der Waals surface area contributed by atoms with E-state index < -0.39 is 16.0 Å². The van der Waals surface area contributed by atoms with Crippen LogP contribution in [0.5, 0.6) is 0 Å². The van der Waals surface area contributed by atoms with Crippen molar-refractivity contribution in [1.82, 2.24) is 14.1 Å². The van der Waals surface area contributed by atoms with Gasteiger partial charge in [0.1, 0.15) is 0 Å². The number of carbonyl (C=O) groups is 1. The van der Waals surface area contributed by atoms with Gasteiger partial charge in [0.15, 0.2) is 5.03 Å². The Morgan fingerprint density at radius 2 is 2.22 bits per heavy atom. The zero-order chi connectivity index (χ0) is 13.9. The number of aryl methyl sites for hydroxylation is 1. The van der Waals surface area contributed by atoms with Gasteiger partial charge in [0, 0.05) is 27.1 Å². The first-order valence-corrected chi connectivity index (χ1v) is 6.94. The first-order chi connectivity index (χ1) is 8.26. The summed E-state index contributed by atoms with van der Waals surface area (Å²) in [5, 5.41) is 12.2. The van der Waals surface area contributed by atoms with E-state index in [2.05, 4.69) is 5.10 Å². The second-order valence-electron chi connectivity index (χ2n) is 3.75. The predicted octanol–water partition coefficient (Wildman–Crippen LogP) is 0.559. The molecule has 0 amide bonds. The number of hydrogen-bond donors (Lipinski definition) is 1. The van der Waals surface area contributed by atoms with Crippen molar-refractivity contribution in [3.05, 3.63) is 11.2 Å². The number of hydrogen-bond acceptors (Lipinski definition) is 4. The van der Waals surface area contributed by atoms with Crippen LogP contribution in [0.2, 0.25) is 5.02 Å². The maximum atomic E-state index is 12.1. The van der Waals surface area contributed by atoms with Crippen LogP contribution in [0.25, 0.3) is 0 Å². The Hall–Kier alpha value is -1.12. The number of aliphatic carboxylic acids is 1. The number of sulfonamides is 1. The van der Waals surface area contributed by atoms with Crippen LogP contribution in [0, 0.1) is 0 Å². The highest BCUT2D eigenvalue weighted by atomic mass is 35.5. The lowest BCUT2D eigenvalue weighted by molar-refractivity contribution is -0.137. The lowest BCUT2D eigenvalue weighted by Gasteiger charge is -2.16. The molecule has 0 aliphatic rings. The molecule has 0 saturated heterocycles. The molecule has 0 saturated carbocycles. The first-order valence-electron chi connectivity index (χ1n) is 5.12. The fourth-order valence-electron chi connectivity index (χ4n) is 1.41. The highest BCUT2D eigenvalue weighted by Gasteiger charge is 2.27. The molecule has 0 aliphatic heterocycles. The Balaban J connectivity index is 2.84. The van der Waals surface area contributed by atoms with Gasteiger partial charge in [0.05, 0.1) is 11.2 Å². The van der Waals surface area contributed by atoms with Gasteiger partial charge in [-0.1, -0.05) is 11.6 Å². The number of rotatable bonds is 6. The molecule has 18 heavy (non-hydrogen) atoms. The van der Waals surface area contributed by atoms with Gasteiger partial charge in [-0.05, 0) is 6.42 Å². The lowest BCUT2D eigenvalue weighted by Crippen LogP contribution is -2.30. The summed E-state index contributed by atoms with van der Waals surface area (Å²) in [7, 11) is -0.894. The summed E-state index contributed by atoms with van der Waals surface area (Å²) in [6, 6.07) is 0. The average Bonchev–Trinajstić information content (AvgIpc) is 2.58. The Labute approximate surface area is 110 Å². The Bertz CT molecular complexity index is 521. The number of carboxylic acids is 1. The van der Waals surface area contributed by atoms with E-state index in [1.54, 1.807) is 0 Å². The standard InChI is InChI=1S/C9H14ClN3O4S/c1-12(5-3-4-8(14)15)18(16,17)9-7(10)6-11-13(9)2/h6H,3-5H2,1-2H3,(H,14,15). The number of carboxylic acid groups (broad SMARTS) is 1. The van der Waals surface area contributed by atoms with Gasteiger partial charge in [0.2, 0.25) is 0 Å². The molecule has 9 heteroatoms. The van der Waals surface area contributed by atoms with E-state index in [-0.39, 0.29) is 29.4 Å². The molecule has 0 atom stereocenters. The molecule has 1 rings (SSSR count). The fraction of sp³-hybridized carbons (Fsp3) is 0.556. The van der Waals surface area contributed by atoms with E-state index in [0.29, 0.717) is 0 Å². The van der Waals surface area contributed by atoms with Crippen LogP contribution in [0.15, 0.2) is 11.2 Å². The zero-order valence-corrected chi connectivity index (χ0v) is 11.6. The molecular formula is C9H14ClN3O4S. The normalized spacial score (nSPS) is 12.0. The molecule has 102 valence electrons. The van der Waals surface area contributed by atoms with Crippen LogP contribution in [-0.2, 0) is 21.9 Å². The van der Waals surface area contributed by atoms with Gasteiger partial charge in [-0.3, -0.25) is 9.48 Å². The molecule has 0 aromatic carbocycles. The highest BCUT2D eigenvalue weighted by molar-refractivity contribution is 7.89. The lowest BCUT2D eigenvalue weighted by atomic mass is 10.3. The minimum Gasteiger partial charge on any atom is -0.481 e.